The average molecular weight is 260 g/mol. The molecule has 104 valence electrons. The molecule has 2 bridgehead atoms. The van der Waals surface area contributed by atoms with Crippen LogP contribution in [0.15, 0.2) is 22.8 Å². The molecule has 3 heteroatoms. The van der Waals surface area contributed by atoms with Crippen molar-refractivity contribution in [1.29, 1.82) is 0 Å². The minimum Gasteiger partial charge on any atom is -0.468 e. The van der Waals surface area contributed by atoms with E-state index in [0.717, 1.165) is 30.2 Å². The van der Waals surface area contributed by atoms with Crippen LogP contribution in [0.3, 0.4) is 0 Å². The smallest absolute Gasteiger partial charge is 0.117 e. The standard InChI is InChI=1S/C16H24N2O/c1-2-15(19-9-1)12-17-5-7-18(8-6-17)16-11-13-3-4-14(16)10-13/h1-2,9,13-14,16H,3-8,10-12H2/t13-,14+,16-/m0/s1. The zero-order valence-electron chi connectivity index (χ0n) is 11.6. The lowest BCUT2D eigenvalue weighted by molar-refractivity contribution is 0.0650. The summed E-state index contributed by atoms with van der Waals surface area (Å²) in [6.45, 7) is 5.91. The highest BCUT2D eigenvalue weighted by atomic mass is 16.3. The maximum absolute atomic E-state index is 5.45. The Balaban J connectivity index is 1.30. The molecule has 2 heterocycles. The van der Waals surface area contributed by atoms with Crippen LogP contribution in [-0.4, -0.2) is 42.0 Å². The lowest BCUT2D eigenvalue weighted by atomic mass is 9.93. The Morgan fingerprint density at radius 2 is 2.00 bits per heavy atom. The number of nitrogens with zero attached hydrogens (tertiary/aromatic N) is 2. The number of hydrogen-bond acceptors (Lipinski definition) is 3. The molecule has 1 aromatic rings. The second-order valence-electron chi connectivity index (χ2n) is 6.63. The molecule has 3 aliphatic rings. The third kappa shape index (κ3) is 2.34. The molecule has 2 saturated carbocycles. The molecule has 1 aliphatic heterocycles. The number of fused-ring (bicyclic) bond motifs is 2. The van der Waals surface area contributed by atoms with Crippen LogP contribution in [0.25, 0.3) is 0 Å². The van der Waals surface area contributed by atoms with Crippen LogP contribution in [0.4, 0.5) is 0 Å². The molecular weight excluding hydrogens is 236 g/mol. The van der Waals surface area contributed by atoms with Crippen LogP contribution in [0.5, 0.6) is 0 Å². The second kappa shape index (κ2) is 4.95. The van der Waals surface area contributed by atoms with E-state index in [4.69, 9.17) is 4.42 Å². The quantitative estimate of drug-likeness (QED) is 0.833. The van der Waals surface area contributed by atoms with E-state index in [9.17, 15) is 0 Å². The molecule has 2 aliphatic carbocycles. The first-order chi connectivity index (χ1) is 9.38. The number of piperazine rings is 1. The second-order valence-corrected chi connectivity index (χ2v) is 6.63. The first-order valence-corrected chi connectivity index (χ1v) is 7.87. The molecule has 19 heavy (non-hydrogen) atoms. The molecule has 3 nitrogen and oxygen atoms in total. The molecule has 0 spiro atoms. The fraction of sp³-hybridized carbons (Fsp3) is 0.750. The maximum Gasteiger partial charge on any atom is 0.117 e. The molecule has 0 aromatic carbocycles. The molecule has 1 aromatic heterocycles. The zero-order chi connectivity index (χ0) is 12.7. The molecule has 0 unspecified atom stereocenters. The van der Waals surface area contributed by atoms with Gasteiger partial charge in [-0.1, -0.05) is 6.42 Å². The summed E-state index contributed by atoms with van der Waals surface area (Å²) in [5.41, 5.74) is 0. The molecule has 1 saturated heterocycles. The van der Waals surface area contributed by atoms with Crippen molar-refractivity contribution in [2.75, 3.05) is 26.2 Å². The topological polar surface area (TPSA) is 19.6 Å². The van der Waals surface area contributed by atoms with E-state index in [-0.39, 0.29) is 0 Å². The van der Waals surface area contributed by atoms with Gasteiger partial charge in [-0.2, -0.15) is 0 Å². The Bertz CT molecular complexity index is 408. The number of rotatable bonds is 3. The lowest BCUT2D eigenvalue weighted by Gasteiger charge is -2.40. The summed E-state index contributed by atoms with van der Waals surface area (Å²) in [5.74, 6) is 3.20. The third-order valence-corrected chi connectivity index (χ3v) is 5.54. The van der Waals surface area contributed by atoms with Crippen molar-refractivity contribution < 1.29 is 4.42 Å². The van der Waals surface area contributed by atoms with Gasteiger partial charge < -0.3 is 4.42 Å². The number of furan rings is 1. The minimum atomic E-state index is 0.921. The average Bonchev–Trinajstić information content (AvgIpc) is 3.16. The van der Waals surface area contributed by atoms with Gasteiger partial charge >= 0.3 is 0 Å². The van der Waals surface area contributed by atoms with Crippen LogP contribution in [-0.2, 0) is 6.54 Å². The van der Waals surface area contributed by atoms with E-state index >= 15 is 0 Å². The van der Waals surface area contributed by atoms with Gasteiger partial charge in [-0.3, -0.25) is 9.80 Å². The van der Waals surface area contributed by atoms with Gasteiger partial charge in [0.05, 0.1) is 12.8 Å². The molecule has 4 rings (SSSR count). The van der Waals surface area contributed by atoms with Crippen LogP contribution >= 0.6 is 0 Å². The van der Waals surface area contributed by atoms with Gasteiger partial charge in [0.1, 0.15) is 5.76 Å². The zero-order valence-corrected chi connectivity index (χ0v) is 11.6. The molecule has 3 fully saturated rings. The first kappa shape index (κ1) is 12.0. The van der Waals surface area contributed by atoms with E-state index < -0.39 is 0 Å². The normalized spacial score (nSPS) is 36.1. The van der Waals surface area contributed by atoms with Crippen molar-refractivity contribution in [2.24, 2.45) is 11.8 Å². The Labute approximate surface area is 115 Å². The predicted molar refractivity (Wildman–Crippen MR) is 74.8 cm³/mol. The van der Waals surface area contributed by atoms with E-state index in [1.165, 1.54) is 51.9 Å². The summed E-state index contributed by atoms with van der Waals surface area (Å²) in [7, 11) is 0. The monoisotopic (exact) mass is 260 g/mol. The van der Waals surface area contributed by atoms with Gasteiger partial charge in [-0.15, -0.1) is 0 Å². The Hall–Kier alpha value is -0.800. The molecule has 0 radical (unpaired) electrons. The van der Waals surface area contributed by atoms with E-state index in [0.29, 0.717) is 0 Å². The van der Waals surface area contributed by atoms with E-state index in [1.54, 1.807) is 6.26 Å². The van der Waals surface area contributed by atoms with Crippen LogP contribution in [0, 0.1) is 11.8 Å². The predicted octanol–water partition coefficient (Wildman–Crippen LogP) is 2.59. The minimum absolute atomic E-state index is 0.921. The van der Waals surface area contributed by atoms with Crippen molar-refractivity contribution in [3.05, 3.63) is 24.2 Å². The van der Waals surface area contributed by atoms with Crippen molar-refractivity contribution in [2.45, 2.75) is 38.3 Å². The van der Waals surface area contributed by atoms with Gasteiger partial charge in [-0.25, -0.2) is 0 Å². The summed E-state index contributed by atoms with van der Waals surface area (Å²) in [6.07, 6.45) is 7.81. The van der Waals surface area contributed by atoms with Gasteiger partial charge in [0.2, 0.25) is 0 Å². The summed E-state index contributed by atoms with van der Waals surface area (Å²) >= 11 is 0. The summed E-state index contributed by atoms with van der Waals surface area (Å²) in [6, 6.07) is 4.99. The van der Waals surface area contributed by atoms with Gasteiger partial charge in [0, 0.05) is 32.2 Å². The summed E-state index contributed by atoms with van der Waals surface area (Å²) < 4.78 is 5.45. The fourth-order valence-corrected chi connectivity index (χ4v) is 4.53. The fourth-order valence-electron chi connectivity index (χ4n) is 4.53. The first-order valence-electron chi connectivity index (χ1n) is 7.87. The lowest BCUT2D eigenvalue weighted by Crippen LogP contribution is -2.51. The van der Waals surface area contributed by atoms with Gasteiger partial charge in [0.15, 0.2) is 0 Å². The highest BCUT2D eigenvalue weighted by Gasteiger charge is 2.42. The van der Waals surface area contributed by atoms with Crippen LogP contribution in [0.2, 0.25) is 0 Å². The third-order valence-electron chi connectivity index (χ3n) is 5.54. The Morgan fingerprint density at radius 3 is 2.63 bits per heavy atom. The maximum atomic E-state index is 5.45. The van der Waals surface area contributed by atoms with Crippen LogP contribution < -0.4 is 0 Å². The van der Waals surface area contributed by atoms with Crippen molar-refractivity contribution in [3.8, 4) is 0 Å². The summed E-state index contributed by atoms with van der Waals surface area (Å²) in [5, 5.41) is 0. The molecule has 0 N–H and O–H groups in total. The van der Waals surface area contributed by atoms with Gasteiger partial charge in [0.25, 0.3) is 0 Å². The van der Waals surface area contributed by atoms with Crippen molar-refractivity contribution in [3.63, 3.8) is 0 Å². The van der Waals surface area contributed by atoms with E-state index in [2.05, 4.69) is 15.9 Å². The highest BCUT2D eigenvalue weighted by molar-refractivity contribution is 4.99. The van der Waals surface area contributed by atoms with Crippen molar-refractivity contribution in [1.82, 2.24) is 9.80 Å². The molecule has 3 atom stereocenters. The summed E-state index contributed by atoms with van der Waals surface area (Å²) in [4.78, 5) is 5.31. The largest absolute Gasteiger partial charge is 0.468 e. The van der Waals surface area contributed by atoms with E-state index in [1.807, 2.05) is 6.07 Å². The highest BCUT2D eigenvalue weighted by Crippen LogP contribution is 2.46. The Morgan fingerprint density at radius 1 is 1.11 bits per heavy atom. The molecular formula is C16H24N2O. The van der Waals surface area contributed by atoms with Crippen molar-refractivity contribution >= 4 is 0 Å². The van der Waals surface area contributed by atoms with Crippen LogP contribution in [0.1, 0.15) is 31.4 Å². The SMILES string of the molecule is c1coc(CN2CCN([C@H]3C[C@H]4CC[C@@H]3C4)CC2)c1. The van der Waals surface area contributed by atoms with Gasteiger partial charge in [-0.05, 0) is 43.2 Å². The number of hydrogen-bond donors (Lipinski definition) is 0. The Kier molecular flexibility index (Phi) is 3.12. The molecule has 0 amide bonds.